The first-order valence-electron chi connectivity index (χ1n) is 12.1. The standard InChI is InChI=1S/C30H33ClN2O2/c1-4-24-5-7-25(8-6-24)15-16-32-17-18-33(30(20-32)26-9-11-27(31)12-10-26)29-14-13-28(19-22(29)2)35-21-23(3)34/h1,5-14,19,23,30,34H,15-18,20-21H2,2-3H3/t23?,30-/m0/s1. The summed E-state index contributed by atoms with van der Waals surface area (Å²) in [5, 5.41) is 10.3. The molecular formula is C30H33ClN2O2. The van der Waals surface area contributed by atoms with Gasteiger partial charge in [0.1, 0.15) is 12.4 Å². The van der Waals surface area contributed by atoms with Crippen LogP contribution in [0.4, 0.5) is 5.69 Å². The fourth-order valence-electron chi connectivity index (χ4n) is 4.61. The number of piperazine rings is 1. The van der Waals surface area contributed by atoms with Crippen molar-refractivity contribution in [3.8, 4) is 18.1 Å². The van der Waals surface area contributed by atoms with Crippen molar-refractivity contribution in [2.75, 3.05) is 37.7 Å². The molecule has 1 saturated heterocycles. The Hall–Kier alpha value is -2.97. The van der Waals surface area contributed by atoms with Gasteiger partial charge >= 0.3 is 0 Å². The molecule has 3 aromatic carbocycles. The molecule has 3 aromatic rings. The van der Waals surface area contributed by atoms with Crippen molar-refractivity contribution in [1.82, 2.24) is 4.90 Å². The second kappa shape index (κ2) is 11.6. The predicted molar refractivity (Wildman–Crippen MR) is 144 cm³/mol. The highest BCUT2D eigenvalue weighted by Crippen LogP contribution is 2.35. The van der Waals surface area contributed by atoms with Crippen LogP contribution in [0.25, 0.3) is 0 Å². The summed E-state index contributed by atoms with van der Waals surface area (Å²) in [5.74, 6) is 3.47. The predicted octanol–water partition coefficient (Wildman–Crippen LogP) is 5.50. The van der Waals surface area contributed by atoms with E-state index in [0.717, 1.165) is 54.5 Å². The van der Waals surface area contributed by atoms with E-state index in [1.165, 1.54) is 16.8 Å². The molecule has 0 amide bonds. The van der Waals surface area contributed by atoms with Gasteiger partial charge in [0, 0.05) is 42.5 Å². The van der Waals surface area contributed by atoms with Crippen molar-refractivity contribution in [3.05, 3.63) is 94.0 Å². The third-order valence-electron chi connectivity index (χ3n) is 6.53. The van der Waals surface area contributed by atoms with E-state index in [4.69, 9.17) is 22.8 Å². The summed E-state index contributed by atoms with van der Waals surface area (Å²) in [6, 6.07) is 22.9. The van der Waals surface area contributed by atoms with Crippen molar-refractivity contribution in [2.24, 2.45) is 0 Å². The summed E-state index contributed by atoms with van der Waals surface area (Å²) in [7, 11) is 0. The maximum Gasteiger partial charge on any atom is 0.119 e. The lowest BCUT2D eigenvalue weighted by Crippen LogP contribution is -2.49. The van der Waals surface area contributed by atoms with Crippen LogP contribution in [0.1, 0.15) is 35.2 Å². The summed E-state index contributed by atoms with van der Waals surface area (Å²) in [4.78, 5) is 5.04. The molecule has 35 heavy (non-hydrogen) atoms. The molecule has 2 atom stereocenters. The number of rotatable bonds is 8. The fourth-order valence-corrected chi connectivity index (χ4v) is 4.74. The molecule has 1 N–H and O–H groups in total. The molecule has 4 rings (SSSR count). The summed E-state index contributed by atoms with van der Waals surface area (Å²) >= 11 is 6.20. The minimum atomic E-state index is -0.493. The molecule has 1 unspecified atom stereocenters. The lowest BCUT2D eigenvalue weighted by Gasteiger charge is -2.44. The molecule has 0 aromatic heterocycles. The van der Waals surface area contributed by atoms with Crippen LogP contribution in [0.5, 0.6) is 5.75 Å². The van der Waals surface area contributed by atoms with E-state index < -0.39 is 6.10 Å². The van der Waals surface area contributed by atoms with Gasteiger partial charge in [-0.25, -0.2) is 0 Å². The molecule has 182 valence electrons. The molecule has 0 aliphatic carbocycles. The quantitative estimate of drug-likeness (QED) is 0.425. The number of halogens is 1. The van der Waals surface area contributed by atoms with Crippen LogP contribution < -0.4 is 9.64 Å². The lowest BCUT2D eigenvalue weighted by atomic mass is 9.99. The van der Waals surface area contributed by atoms with Crippen LogP contribution >= 0.6 is 11.6 Å². The number of hydrogen-bond donors (Lipinski definition) is 1. The SMILES string of the molecule is C#Cc1ccc(CCN2CCN(c3ccc(OCC(C)O)cc3C)[C@H](c3ccc(Cl)cc3)C2)cc1. The molecule has 1 fully saturated rings. The molecule has 5 heteroatoms. The maximum atomic E-state index is 9.53. The van der Waals surface area contributed by atoms with E-state index in [2.05, 4.69) is 59.0 Å². The zero-order valence-corrected chi connectivity index (χ0v) is 21.2. The normalized spacial score (nSPS) is 17.1. The third kappa shape index (κ3) is 6.58. The number of aliphatic hydroxyl groups is 1. The van der Waals surface area contributed by atoms with E-state index >= 15 is 0 Å². The zero-order valence-electron chi connectivity index (χ0n) is 20.5. The third-order valence-corrected chi connectivity index (χ3v) is 6.78. The van der Waals surface area contributed by atoms with Gasteiger partial charge in [-0.2, -0.15) is 0 Å². The van der Waals surface area contributed by atoms with Crippen LogP contribution in [0.15, 0.2) is 66.7 Å². The van der Waals surface area contributed by atoms with E-state index in [0.29, 0.717) is 0 Å². The molecule has 0 saturated carbocycles. The van der Waals surface area contributed by atoms with Gasteiger partial charge in [-0.15, -0.1) is 6.42 Å². The van der Waals surface area contributed by atoms with E-state index in [-0.39, 0.29) is 12.6 Å². The van der Waals surface area contributed by atoms with Crippen LogP contribution in [0, 0.1) is 19.3 Å². The van der Waals surface area contributed by atoms with Gasteiger partial charge in [-0.1, -0.05) is 41.8 Å². The molecule has 0 bridgehead atoms. The summed E-state index contributed by atoms with van der Waals surface area (Å²) < 4.78 is 5.72. The van der Waals surface area contributed by atoms with E-state index in [9.17, 15) is 5.11 Å². The van der Waals surface area contributed by atoms with Gasteiger partial charge in [-0.05, 0) is 79.4 Å². The van der Waals surface area contributed by atoms with Crippen LogP contribution in [-0.4, -0.2) is 48.9 Å². The maximum absolute atomic E-state index is 9.53. The summed E-state index contributed by atoms with van der Waals surface area (Å²) in [6.07, 6.45) is 5.99. The molecule has 0 spiro atoms. The first-order chi connectivity index (χ1) is 16.9. The number of ether oxygens (including phenoxy) is 1. The number of hydrogen-bond acceptors (Lipinski definition) is 4. The van der Waals surface area contributed by atoms with Gasteiger partial charge in [-0.3, -0.25) is 4.90 Å². The highest BCUT2D eigenvalue weighted by atomic mass is 35.5. The second-order valence-corrected chi connectivity index (χ2v) is 9.70. The van der Waals surface area contributed by atoms with Crippen molar-refractivity contribution < 1.29 is 9.84 Å². The lowest BCUT2D eigenvalue weighted by molar-refractivity contribution is 0.122. The largest absolute Gasteiger partial charge is 0.491 e. The zero-order chi connectivity index (χ0) is 24.8. The van der Waals surface area contributed by atoms with Gasteiger partial charge in [0.2, 0.25) is 0 Å². The van der Waals surface area contributed by atoms with E-state index in [1.54, 1.807) is 6.92 Å². The van der Waals surface area contributed by atoms with Crippen molar-refractivity contribution in [1.29, 1.82) is 0 Å². The Kier molecular flexibility index (Phi) is 8.36. The van der Waals surface area contributed by atoms with Crippen molar-refractivity contribution in [2.45, 2.75) is 32.4 Å². The summed E-state index contributed by atoms with van der Waals surface area (Å²) in [6.45, 7) is 7.99. The number of benzene rings is 3. The van der Waals surface area contributed by atoms with Gasteiger partial charge in [0.25, 0.3) is 0 Å². The number of aryl methyl sites for hydroxylation is 1. The van der Waals surface area contributed by atoms with Gasteiger partial charge in [0.05, 0.1) is 12.1 Å². The Labute approximate surface area is 214 Å². The molecular weight excluding hydrogens is 456 g/mol. The average molecular weight is 489 g/mol. The number of anilines is 1. The Bertz CT molecular complexity index is 1150. The highest BCUT2D eigenvalue weighted by molar-refractivity contribution is 6.30. The highest BCUT2D eigenvalue weighted by Gasteiger charge is 2.29. The minimum absolute atomic E-state index is 0.216. The molecule has 1 aliphatic rings. The second-order valence-electron chi connectivity index (χ2n) is 9.26. The minimum Gasteiger partial charge on any atom is -0.491 e. The summed E-state index contributed by atoms with van der Waals surface area (Å²) in [5.41, 5.74) is 5.85. The molecule has 1 aliphatic heterocycles. The Morgan fingerprint density at radius 3 is 2.49 bits per heavy atom. The molecule has 0 radical (unpaired) electrons. The van der Waals surface area contributed by atoms with Gasteiger partial charge in [0.15, 0.2) is 0 Å². The first kappa shape index (κ1) is 25.1. The van der Waals surface area contributed by atoms with Crippen LogP contribution in [-0.2, 0) is 6.42 Å². The number of terminal acetylenes is 1. The number of nitrogens with zero attached hydrogens (tertiary/aromatic N) is 2. The smallest absolute Gasteiger partial charge is 0.119 e. The molecule has 1 heterocycles. The van der Waals surface area contributed by atoms with E-state index in [1.807, 2.05) is 30.3 Å². The average Bonchev–Trinajstić information content (AvgIpc) is 2.87. The molecule has 4 nitrogen and oxygen atoms in total. The van der Waals surface area contributed by atoms with Gasteiger partial charge < -0.3 is 14.7 Å². The Balaban J connectivity index is 1.51. The first-order valence-corrected chi connectivity index (χ1v) is 12.5. The van der Waals surface area contributed by atoms with Crippen LogP contribution in [0.2, 0.25) is 5.02 Å². The van der Waals surface area contributed by atoms with Crippen molar-refractivity contribution in [3.63, 3.8) is 0 Å². The number of aliphatic hydroxyl groups excluding tert-OH is 1. The van der Waals surface area contributed by atoms with Crippen LogP contribution in [0.3, 0.4) is 0 Å². The fraction of sp³-hybridized carbons (Fsp3) is 0.333. The topological polar surface area (TPSA) is 35.9 Å². The monoisotopic (exact) mass is 488 g/mol. The Morgan fingerprint density at radius 2 is 1.83 bits per heavy atom. The Morgan fingerprint density at radius 1 is 1.09 bits per heavy atom. The van der Waals surface area contributed by atoms with Crippen molar-refractivity contribution >= 4 is 17.3 Å².